The zero-order chi connectivity index (χ0) is 15.5. The Bertz CT molecular complexity index is 570. The van der Waals surface area contributed by atoms with E-state index in [0.29, 0.717) is 5.92 Å². The minimum absolute atomic E-state index is 0.0981. The van der Waals surface area contributed by atoms with Gasteiger partial charge in [-0.3, -0.25) is 9.59 Å². The maximum Gasteiger partial charge on any atom is 0.232 e. The largest absolute Gasteiger partial charge is 0.369 e. The summed E-state index contributed by atoms with van der Waals surface area (Å²) in [5.74, 6) is -0.0883. The average molecular weight is 300 g/mol. The van der Waals surface area contributed by atoms with E-state index in [9.17, 15) is 9.59 Å². The first kappa shape index (κ1) is 15.1. The lowest BCUT2D eigenvalue weighted by molar-refractivity contribution is -0.135. The van der Waals surface area contributed by atoms with Gasteiger partial charge in [-0.15, -0.1) is 0 Å². The van der Waals surface area contributed by atoms with Crippen LogP contribution in [0.3, 0.4) is 0 Å². The highest BCUT2D eigenvalue weighted by Crippen LogP contribution is 2.37. The number of primary amides is 1. The number of hydrogen-bond acceptors (Lipinski definition) is 2. The molecule has 0 spiro atoms. The topological polar surface area (TPSA) is 63.4 Å². The van der Waals surface area contributed by atoms with Crippen LogP contribution in [0.5, 0.6) is 0 Å². The number of likely N-dealkylation sites (tertiary alicyclic amines) is 1. The van der Waals surface area contributed by atoms with Crippen molar-refractivity contribution in [3.63, 3.8) is 0 Å². The van der Waals surface area contributed by atoms with E-state index in [4.69, 9.17) is 5.73 Å². The van der Waals surface area contributed by atoms with Crippen LogP contribution in [-0.4, -0.2) is 29.3 Å². The molecule has 0 saturated carbocycles. The van der Waals surface area contributed by atoms with Gasteiger partial charge in [-0.05, 0) is 55.6 Å². The van der Waals surface area contributed by atoms with E-state index < -0.39 is 5.91 Å². The lowest BCUT2D eigenvalue weighted by atomic mass is 9.79. The van der Waals surface area contributed by atoms with Crippen LogP contribution >= 0.6 is 0 Å². The number of fused-ring (bicyclic) bond motifs is 1. The van der Waals surface area contributed by atoms with Gasteiger partial charge in [0.15, 0.2) is 0 Å². The molecule has 2 unspecified atom stereocenters. The van der Waals surface area contributed by atoms with Crippen molar-refractivity contribution in [2.24, 2.45) is 5.73 Å². The SMILES string of the molecule is NC(=O)CC(=O)N1CCCC1CC1CCCc2ccccc21. The summed E-state index contributed by atoms with van der Waals surface area (Å²) in [6, 6.07) is 8.96. The Morgan fingerprint density at radius 3 is 2.82 bits per heavy atom. The van der Waals surface area contributed by atoms with Crippen molar-refractivity contribution in [3.8, 4) is 0 Å². The lowest BCUT2D eigenvalue weighted by Crippen LogP contribution is -2.38. The summed E-state index contributed by atoms with van der Waals surface area (Å²) >= 11 is 0. The Kier molecular flexibility index (Phi) is 4.46. The molecule has 2 amide bonds. The van der Waals surface area contributed by atoms with Gasteiger partial charge in [0.2, 0.25) is 11.8 Å². The van der Waals surface area contributed by atoms with Gasteiger partial charge in [-0.2, -0.15) is 0 Å². The van der Waals surface area contributed by atoms with E-state index in [0.717, 1.165) is 25.8 Å². The summed E-state index contributed by atoms with van der Waals surface area (Å²) in [5, 5.41) is 0. The third kappa shape index (κ3) is 3.16. The molecule has 22 heavy (non-hydrogen) atoms. The van der Waals surface area contributed by atoms with Crippen LogP contribution in [-0.2, 0) is 16.0 Å². The molecule has 2 atom stereocenters. The van der Waals surface area contributed by atoms with Gasteiger partial charge in [-0.1, -0.05) is 24.3 Å². The molecule has 3 rings (SSSR count). The molecule has 0 aromatic heterocycles. The fraction of sp³-hybridized carbons (Fsp3) is 0.556. The minimum Gasteiger partial charge on any atom is -0.369 e. The number of nitrogens with zero attached hydrogens (tertiary/aromatic N) is 1. The smallest absolute Gasteiger partial charge is 0.232 e. The van der Waals surface area contributed by atoms with Crippen LogP contribution in [0.1, 0.15) is 55.6 Å². The van der Waals surface area contributed by atoms with E-state index in [1.54, 1.807) is 0 Å². The summed E-state index contributed by atoms with van der Waals surface area (Å²) < 4.78 is 0. The van der Waals surface area contributed by atoms with Crippen LogP contribution < -0.4 is 5.73 Å². The third-order valence-electron chi connectivity index (χ3n) is 5.07. The molecule has 118 valence electrons. The molecule has 0 radical (unpaired) electrons. The molecule has 1 aromatic carbocycles. The molecule has 2 N–H and O–H groups in total. The molecular weight excluding hydrogens is 276 g/mol. The van der Waals surface area contributed by atoms with Gasteiger partial charge in [0, 0.05) is 12.6 Å². The van der Waals surface area contributed by atoms with Gasteiger partial charge in [-0.25, -0.2) is 0 Å². The average Bonchev–Trinajstić information content (AvgIpc) is 2.95. The number of carbonyl (C=O) groups excluding carboxylic acids is 2. The molecular formula is C18H24N2O2. The zero-order valence-corrected chi connectivity index (χ0v) is 13.0. The maximum absolute atomic E-state index is 12.2. The molecule has 1 heterocycles. The van der Waals surface area contributed by atoms with Gasteiger partial charge in [0.1, 0.15) is 6.42 Å². The van der Waals surface area contributed by atoms with E-state index in [1.165, 1.54) is 30.4 Å². The summed E-state index contributed by atoms with van der Waals surface area (Å²) in [6.45, 7) is 0.769. The van der Waals surface area contributed by atoms with E-state index >= 15 is 0 Å². The highest BCUT2D eigenvalue weighted by Gasteiger charge is 2.32. The normalized spacial score (nSPS) is 24.1. The van der Waals surface area contributed by atoms with Crippen molar-refractivity contribution in [3.05, 3.63) is 35.4 Å². The Labute approximate surface area is 131 Å². The molecule has 1 saturated heterocycles. The Balaban J connectivity index is 1.70. The molecule has 4 nitrogen and oxygen atoms in total. The monoisotopic (exact) mass is 300 g/mol. The summed E-state index contributed by atoms with van der Waals surface area (Å²) in [5.41, 5.74) is 8.09. The summed E-state index contributed by atoms with van der Waals surface area (Å²) in [6.07, 6.45) is 6.53. The molecule has 1 aliphatic carbocycles. The zero-order valence-electron chi connectivity index (χ0n) is 13.0. The summed E-state index contributed by atoms with van der Waals surface area (Å²) in [7, 11) is 0. The van der Waals surface area contributed by atoms with Crippen molar-refractivity contribution in [1.82, 2.24) is 4.90 Å². The molecule has 1 aromatic rings. The fourth-order valence-electron chi connectivity index (χ4n) is 4.09. The van der Waals surface area contributed by atoms with Crippen molar-refractivity contribution in [2.45, 2.75) is 56.9 Å². The van der Waals surface area contributed by atoms with Crippen molar-refractivity contribution < 1.29 is 9.59 Å². The van der Waals surface area contributed by atoms with Crippen LogP contribution in [0.25, 0.3) is 0 Å². The number of carbonyl (C=O) groups is 2. The Morgan fingerprint density at radius 1 is 1.18 bits per heavy atom. The Hall–Kier alpha value is -1.84. The molecule has 4 heteroatoms. The predicted octanol–water partition coefficient (Wildman–Crippen LogP) is 2.36. The summed E-state index contributed by atoms with van der Waals surface area (Å²) in [4.78, 5) is 25.1. The van der Waals surface area contributed by atoms with Crippen LogP contribution in [0, 0.1) is 0 Å². The quantitative estimate of drug-likeness (QED) is 0.868. The molecule has 0 bridgehead atoms. The first-order valence-corrected chi connectivity index (χ1v) is 8.30. The van der Waals surface area contributed by atoms with Crippen LogP contribution in [0.4, 0.5) is 0 Å². The molecule has 1 fully saturated rings. The van der Waals surface area contributed by atoms with Crippen molar-refractivity contribution in [1.29, 1.82) is 0 Å². The number of hydrogen-bond donors (Lipinski definition) is 1. The van der Waals surface area contributed by atoms with Crippen LogP contribution in [0.2, 0.25) is 0 Å². The first-order valence-electron chi connectivity index (χ1n) is 8.30. The standard InChI is InChI=1S/C18H24N2O2/c19-17(21)12-18(22)20-10-4-8-15(20)11-14-7-3-6-13-5-1-2-9-16(13)14/h1-2,5,9,14-15H,3-4,6-8,10-12H2,(H2,19,21). The lowest BCUT2D eigenvalue weighted by Gasteiger charge is -2.31. The number of benzene rings is 1. The van der Waals surface area contributed by atoms with Crippen molar-refractivity contribution >= 4 is 11.8 Å². The van der Waals surface area contributed by atoms with Gasteiger partial charge in [0.05, 0.1) is 0 Å². The van der Waals surface area contributed by atoms with E-state index in [-0.39, 0.29) is 18.4 Å². The second kappa shape index (κ2) is 6.51. The van der Waals surface area contributed by atoms with E-state index in [2.05, 4.69) is 24.3 Å². The second-order valence-electron chi connectivity index (χ2n) is 6.55. The molecule has 2 aliphatic rings. The third-order valence-corrected chi connectivity index (χ3v) is 5.07. The number of aryl methyl sites for hydroxylation is 1. The number of rotatable bonds is 4. The fourth-order valence-corrected chi connectivity index (χ4v) is 4.09. The maximum atomic E-state index is 12.2. The van der Waals surface area contributed by atoms with Crippen LogP contribution in [0.15, 0.2) is 24.3 Å². The minimum atomic E-state index is -0.529. The highest BCUT2D eigenvalue weighted by molar-refractivity contribution is 5.96. The van der Waals surface area contributed by atoms with Gasteiger partial charge >= 0.3 is 0 Å². The van der Waals surface area contributed by atoms with Gasteiger partial charge < -0.3 is 10.6 Å². The van der Waals surface area contributed by atoms with Gasteiger partial charge in [0.25, 0.3) is 0 Å². The predicted molar refractivity (Wildman–Crippen MR) is 85.3 cm³/mol. The Morgan fingerprint density at radius 2 is 2.00 bits per heavy atom. The highest BCUT2D eigenvalue weighted by atomic mass is 16.2. The first-order chi connectivity index (χ1) is 10.6. The number of amides is 2. The van der Waals surface area contributed by atoms with Crippen molar-refractivity contribution in [2.75, 3.05) is 6.54 Å². The number of nitrogens with two attached hydrogens (primary N) is 1. The molecule has 1 aliphatic heterocycles. The van der Waals surface area contributed by atoms with E-state index in [1.807, 2.05) is 4.90 Å². The second-order valence-corrected chi connectivity index (χ2v) is 6.55.